The first-order chi connectivity index (χ1) is 7.20. The molecule has 0 saturated carbocycles. The van der Waals surface area contributed by atoms with Gasteiger partial charge in [-0.2, -0.15) is 5.10 Å². The van der Waals surface area contributed by atoms with E-state index in [-0.39, 0.29) is 11.9 Å². The molecule has 0 saturated heterocycles. The largest absolute Gasteiger partial charge is 0.388 e. The topological polar surface area (TPSA) is 76.7 Å². The highest BCUT2D eigenvalue weighted by molar-refractivity contribution is 6.28. The Morgan fingerprint density at radius 2 is 2.27 bits per heavy atom. The van der Waals surface area contributed by atoms with Crippen molar-refractivity contribution < 1.29 is 5.11 Å². The van der Waals surface area contributed by atoms with Crippen LogP contribution in [0.1, 0.15) is 5.82 Å². The van der Waals surface area contributed by atoms with Gasteiger partial charge < -0.3 is 5.11 Å². The number of hydrogen-bond acceptors (Lipinski definition) is 5. The molecule has 0 spiro atoms. The molecule has 0 atom stereocenters. The van der Waals surface area contributed by atoms with E-state index in [9.17, 15) is 0 Å². The minimum atomic E-state index is -0.202. The average molecular weight is 226 g/mol. The Balaban J connectivity index is 2.48. The van der Waals surface area contributed by atoms with Crippen molar-refractivity contribution in [3.8, 4) is 11.5 Å². The number of aryl methyl sites for hydroxylation is 1. The lowest BCUT2D eigenvalue weighted by molar-refractivity contribution is 0.271. The summed E-state index contributed by atoms with van der Waals surface area (Å²) in [7, 11) is 1.72. The summed E-state index contributed by atoms with van der Waals surface area (Å²) < 4.78 is 1.53. The van der Waals surface area contributed by atoms with Crippen LogP contribution in [-0.2, 0) is 13.7 Å². The molecule has 6 nitrogen and oxygen atoms in total. The van der Waals surface area contributed by atoms with E-state index in [1.54, 1.807) is 13.1 Å². The molecular weight excluding hydrogens is 218 g/mol. The van der Waals surface area contributed by atoms with Crippen LogP contribution in [0.25, 0.3) is 11.5 Å². The van der Waals surface area contributed by atoms with Gasteiger partial charge in [-0.1, -0.05) is 0 Å². The van der Waals surface area contributed by atoms with Gasteiger partial charge in [-0.25, -0.2) is 19.6 Å². The Kier molecular flexibility index (Phi) is 2.61. The van der Waals surface area contributed by atoms with Crippen molar-refractivity contribution in [2.24, 2.45) is 7.05 Å². The van der Waals surface area contributed by atoms with Gasteiger partial charge >= 0.3 is 0 Å². The first-order valence-corrected chi connectivity index (χ1v) is 4.58. The third kappa shape index (κ3) is 1.95. The summed E-state index contributed by atoms with van der Waals surface area (Å²) >= 11 is 5.66. The van der Waals surface area contributed by atoms with E-state index in [1.165, 1.54) is 10.9 Å². The lowest BCUT2D eigenvalue weighted by Crippen LogP contribution is -1.97. The Morgan fingerprint density at radius 3 is 2.87 bits per heavy atom. The molecule has 2 heterocycles. The summed E-state index contributed by atoms with van der Waals surface area (Å²) in [6.45, 7) is -0.202. The Morgan fingerprint density at radius 1 is 1.47 bits per heavy atom. The maximum Gasteiger partial charge on any atom is 0.222 e. The zero-order chi connectivity index (χ0) is 10.8. The fourth-order valence-electron chi connectivity index (χ4n) is 1.19. The monoisotopic (exact) mass is 225 g/mol. The van der Waals surface area contributed by atoms with Gasteiger partial charge in [0.2, 0.25) is 5.28 Å². The molecule has 0 aliphatic heterocycles. The van der Waals surface area contributed by atoms with Crippen LogP contribution in [0.4, 0.5) is 0 Å². The lowest BCUT2D eigenvalue weighted by atomic mass is 10.4. The maximum atomic E-state index is 8.88. The summed E-state index contributed by atoms with van der Waals surface area (Å²) in [5.74, 6) is 0.894. The second-order valence-corrected chi connectivity index (χ2v) is 3.18. The van der Waals surface area contributed by atoms with E-state index in [0.29, 0.717) is 17.3 Å². The molecule has 0 aromatic carbocycles. The van der Waals surface area contributed by atoms with Crippen LogP contribution in [0.3, 0.4) is 0 Å². The highest BCUT2D eigenvalue weighted by Crippen LogP contribution is 2.14. The smallest absolute Gasteiger partial charge is 0.222 e. The second-order valence-electron chi connectivity index (χ2n) is 2.84. The molecule has 2 aromatic rings. The maximum absolute atomic E-state index is 8.88. The number of rotatable bonds is 2. The van der Waals surface area contributed by atoms with E-state index < -0.39 is 0 Å². The molecule has 2 aromatic heterocycles. The first kappa shape index (κ1) is 10.0. The van der Waals surface area contributed by atoms with Crippen molar-refractivity contribution in [3.05, 3.63) is 23.4 Å². The molecule has 7 heteroatoms. The third-order valence-corrected chi connectivity index (χ3v) is 1.99. The van der Waals surface area contributed by atoms with Crippen molar-refractivity contribution in [1.29, 1.82) is 0 Å². The SMILES string of the molecule is Cn1nc(CO)nc1-c1ccnc(Cl)n1. The molecule has 1 N–H and O–H groups in total. The Labute approximate surface area is 90.6 Å². The van der Waals surface area contributed by atoms with Gasteiger partial charge in [-0.15, -0.1) is 0 Å². The molecule has 15 heavy (non-hydrogen) atoms. The van der Waals surface area contributed by atoms with E-state index in [4.69, 9.17) is 16.7 Å². The zero-order valence-corrected chi connectivity index (χ0v) is 8.68. The lowest BCUT2D eigenvalue weighted by Gasteiger charge is -1.97. The van der Waals surface area contributed by atoms with Crippen molar-refractivity contribution in [1.82, 2.24) is 24.7 Å². The van der Waals surface area contributed by atoms with Gasteiger partial charge in [0.25, 0.3) is 0 Å². The summed E-state index contributed by atoms with van der Waals surface area (Å²) in [5.41, 5.74) is 0.574. The molecule has 0 amide bonds. The van der Waals surface area contributed by atoms with Gasteiger partial charge in [0, 0.05) is 13.2 Å². The molecule has 0 bridgehead atoms. The van der Waals surface area contributed by atoms with Crippen LogP contribution >= 0.6 is 11.6 Å². The van der Waals surface area contributed by atoms with E-state index in [2.05, 4.69) is 20.1 Å². The van der Waals surface area contributed by atoms with Gasteiger partial charge in [-0.3, -0.25) is 0 Å². The van der Waals surface area contributed by atoms with Crippen LogP contribution in [0.5, 0.6) is 0 Å². The van der Waals surface area contributed by atoms with Crippen LogP contribution in [0.15, 0.2) is 12.3 Å². The number of aliphatic hydroxyl groups excluding tert-OH is 1. The third-order valence-electron chi connectivity index (χ3n) is 1.80. The summed E-state index contributed by atoms with van der Waals surface area (Å²) in [6.07, 6.45) is 1.54. The van der Waals surface area contributed by atoms with E-state index in [1.807, 2.05) is 0 Å². The summed E-state index contributed by atoms with van der Waals surface area (Å²) in [4.78, 5) is 11.9. The molecule has 0 fully saturated rings. The predicted molar refractivity (Wildman–Crippen MR) is 53.0 cm³/mol. The Hall–Kier alpha value is -1.53. The second kappa shape index (κ2) is 3.92. The van der Waals surface area contributed by atoms with Crippen LogP contribution < -0.4 is 0 Å². The number of nitrogens with zero attached hydrogens (tertiary/aromatic N) is 5. The quantitative estimate of drug-likeness (QED) is 0.750. The van der Waals surface area contributed by atoms with Gasteiger partial charge in [0.05, 0.1) is 0 Å². The molecular formula is C8H8ClN5O. The molecule has 78 valence electrons. The van der Waals surface area contributed by atoms with E-state index >= 15 is 0 Å². The van der Waals surface area contributed by atoms with Crippen molar-refractivity contribution in [3.63, 3.8) is 0 Å². The Bertz CT molecular complexity index is 484. The van der Waals surface area contributed by atoms with Crippen molar-refractivity contribution >= 4 is 11.6 Å². The normalized spacial score (nSPS) is 10.6. The highest BCUT2D eigenvalue weighted by atomic mass is 35.5. The first-order valence-electron chi connectivity index (χ1n) is 4.20. The minimum absolute atomic E-state index is 0.154. The van der Waals surface area contributed by atoms with Crippen LogP contribution in [0.2, 0.25) is 5.28 Å². The standard InChI is InChI=1S/C8H8ClN5O/c1-14-7(12-6(4-15)13-14)5-2-3-10-8(9)11-5/h2-3,15H,4H2,1H3. The van der Waals surface area contributed by atoms with Crippen molar-refractivity contribution in [2.45, 2.75) is 6.61 Å². The fraction of sp³-hybridized carbons (Fsp3) is 0.250. The van der Waals surface area contributed by atoms with Crippen LogP contribution in [0, 0.1) is 0 Å². The zero-order valence-electron chi connectivity index (χ0n) is 7.92. The number of hydrogen-bond donors (Lipinski definition) is 1. The molecule has 0 unspecified atom stereocenters. The number of aliphatic hydroxyl groups is 1. The molecule has 2 rings (SSSR count). The van der Waals surface area contributed by atoms with Crippen molar-refractivity contribution in [2.75, 3.05) is 0 Å². The minimum Gasteiger partial charge on any atom is -0.388 e. The number of halogens is 1. The molecule has 0 aliphatic rings. The number of aromatic nitrogens is 5. The highest BCUT2D eigenvalue weighted by Gasteiger charge is 2.10. The van der Waals surface area contributed by atoms with Gasteiger partial charge in [0.15, 0.2) is 11.6 Å². The van der Waals surface area contributed by atoms with Crippen LogP contribution in [-0.4, -0.2) is 29.8 Å². The average Bonchev–Trinajstić information content (AvgIpc) is 2.60. The van der Waals surface area contributed by atoms with E-state index in [0.717, 1.165) is 0 Å². The molecule has 0 radical (unpaired) electrons. The fourth-order valence-corrected chi connectivity index (χ4v) is 1.33. The molecule has 0 aliphatic carbocycles. The van der Waals surface area contributed by atoms with Gasteiger partial charge in [0.1, 0.15) is 12.3 Å². The predicted octanol–water partition coefficient (Wildman–Crippen LogP) is 0.418. The van der Waals surface area contributed by atoms with Gasteiger partial charge in [-0.05, 0) is 17.7 Å². The summed E-state index contributed by atoms with van der Waals surface area (Å²) in [6, 6.07) is 1.68. The summed E-state index contributed by atoms with van der Waals surface area (Å²) in [5, 5.41) is 13.0.